The summed E-state index contributed by atoms with van der Waals surface area (Å²) in [5.74, 6) is 0. The highest BCUT2D eigenvalue weighted by molar-refractivity contribution is 7.63. The van der Waals surface area contributed by atoms with Crippen LogP contribution in [0.1, 0.15) is 54.2 Å². The molecule has 27 heavy (non-hydrogen) atoms. The van der Waals surface area contributed by atoms with Gasteiger partial charge < -0.3 is 9.34 Å². The number of hydrogen-bond donors (Lipinski definition) is 0. The Balaban J connectivity index is 2.15. The van der Waals surface area contributed by atoms with E-state index in [0.717, 1.165) is 0 Å². The molecule has 0 amide bonds. The van der Waals surface area contributed by atoms with Gasteiger partial charge in [0.15, 0.2) is 0 Å². The maximum atomic E-state index is 2.54. The monoisotopic (exact) mass is 380 g/mol. The molecule has 1 heterocycles. The number of rotatable bonds is 2. The molecular formula is C24H33N2P. The molecular weight excluding hydrogens is 347 g/mol. The van der Waals surface area contributed by atoms with Crippen molar-refractivity contribution < 1.29 is 0 Å². The summed E-state index contributed by atoms with van der Waals surface area (Å²) in [5, 5.41) is 0.145. The van der Waals surface area contributed by atoms with E-state index in [-0.39, 0.29) is 5.16 Å². The van der Waals surface area contributed by atoms with E-state index < -0.39 is 8.22 Å². The molecule has 0 saturated carbocycles. The van der Waals surface area contributed by atoms with Crippen molar-refractivity contribution in [1.29, 1.82) is 0 Å². The topological polar surface area (TPSA) is 6.48 Å². The third-order valence-electron chi connectivity index (χ3n) is 5.09. The van der Waals surface area contributed by atoms with Crippen LogP contribution in [0.2, 0.25) is 0 Å². The van der Waals surface area contributed by atoms with E-state index in [1.807, 2.05) is 0 Å². The minimum Gasteiger partial charge on any atom is -0.307 e. The lowest BCUT2D eigenvalue weighted by atomic mass is 10.1. The van der Waals surface area contributed by atoms with Gasteiger partial charge in [0, 0.05) is 17.6 Å². The van der Waals surface area contributed by atoms with E-state index in [0.29, 0.717) is 0 Å². The number of nitrogens with zero attached hydrogens (tertiary/aromatic N) is 2. The van der Waals surface area contributed by atoms with Crippen molar-refractivity contribution >= 4 is 19.6 Å². The molecule has 1 aliphatic heterocycles. The summed E-state index contributed by atoms with van der Waals surface area (Å²) in [7, 11) is -0.594. The van der Waals surface area contributed by atoms with Crippen molar-refractivity contribution in [1.82, 2.24) is 0 Å². The van der Waals surface area contributed by atoms with Gasteiger partial charge in [0.2, 0.25) is 0 Å². The van der Waals surface area contributed by atoms with Gasteiger partial charge in [-0.3, -0.25) is 0 Å². The minimum absolute atomic E-state index is 0.145. The summed E-state index contributed by atoms with van der Waals surface area (Å²) >= 11 is 0. The minimum atomic E-state index is -0.594. The van der Waals surface area contributed by atoms with Crippen LogP contribution in [0.5, 0.6) is 0 Å². The Labute approximate surface area is 166 Å². The van der Waals surface area contributed by atoms with Gasteiger partial charge in [0.05, 0.1) is 11.4 Å². The van der Waals surface area contributed by atoms with E-state index in [2.05, 4.69) is 108 Å². The summed E-state index contributed by atoms with van der Waals surface area (Å²) in [6.45, 7) is 20.4. The predicted octanol–water partition coefficient (Wildman–Crippen LogP) is 7.45. The summed E-state index contributed by atoms with van der Waals surface area (Å²) in [6, 6.07) is 9.21. The van der Waals surface area contributed by atoms with Gasteiger partial charge in [-0.25, -0.2) is 0 Å². The molecule has 0 fully saturated rings. The third-order valence-corrected chi connectivity index (χ3v) is 7.77. The van der Waals surface area contributed by atoms with Gasteiger partial charge in [-0.1, -0.05) is 56.2 Å². The Bertz CT molecular complexity index is 792. The molecule has 144 valence electrons. The first-order chi connectivity index (χ1) is 12.5. The zero-order valence-corrected chi connectivity index (χ0v) is 19.2. The van der Waals surface area contributed by atoms with Gasteiger partial charge in [-0.15, -0.1) is 0 Å². The van der Waals surface area contributed by atoms with E-state index in [4.69, 9.17) is 0 Å². The Kier molecular flexibility index (Phi) is 5.16. The Morgan fingerprint density at radius 1 is 0.593 bits per heavy atom. The Morgan fingerprint density at radius 3 is 1.15 bits per heavy atom. The van der Waals surface area contributed by atoms with Crippen molar-refractivity contribution in [2.24, 2.45) is 0 Å². The first kappa shape index (κ1) is 20.0. The number of hydrogen-bond acceptors (Lipinski definition) is 2. The first-order valence-corrected chi connectivity index (χ1v) is 11.0. The third kappa shape index (κ3) is 3.65. The molecule has 0 atom stereocenters. The lowest BCUT2D eigenvalue weighted by Gasteiger charge is -2.42. The van der Waals surface area contributed by atoms with Crippen molar-refractivity contribution in [3.05, 3.63) is 70.0 Å². The highest BCUT2D eigenvalue weighted by atomic mass is 31.1. The van der Waals surface area contributed by atoms with Crippen LogP contribution >= 0.6 is 8.22 Å². The molecule has 0 spiro atoms. The lowest BCUT2D eigenvalue weighted by molar-refractivity contribution is 0.779. The zero-order valence-electron chi connectivity index (χ0n) is 18.3. The van der Waals surface area contributed by atoms with Gasteiger partial charge in [-0.05, 0) is 63.8 Å². The molecule has 0 unspecified atom stereocenters. The van der Waals surface area contributed by atoms with Crippen LogP contribution in [-0.4, -0.2) is 5.16 Å². The molecule has 2 nitrogen and oxygen atoms in total. The summed E-state index contributed by atoms with van der Waals surface area (Å²) in [6.07, 6.45) is 4.58. The van der Waals surface area contributed by atoms with Crippen LogP contribution in [0.15, 0.2) is 36.7 Å². The Morgan fingerprint density at radius 2 is 0.889 bits per heavy atom. The normalized spacial score (nSPS) is 15.1. The van der Waals surface area contributed by atoms with Crippen LogP contribution in [-0.2, 0) is 0 Å². The smallest absolute Gasteiger partial charge is 0.109 e. The van der Waals surface area contributed by atoms with Crippen molar-refractivity contribution in [2.75, 3.05) is 9.34 Å². The molecule has 3 rings (SSSR count). The highest BCUT2D eigenvalue weighted by Gasteiger charge is 2.40. The number of aryl methyl sites for hydroxylation is 6. The number of anilines is 2. The van der Waals surface area contributed by atoms with Gasteiger partial charge in [-0.2, -0.15) is 0 Å². The standard InChI is InChI=1S/C24H33N2P/c1-16-12-18(3)22(19(4)13-16)25-10-11-26(27(25)24(7,8)9)23-20(5)14-17(2)15-21(23)6/h10-15H,1-9H3. The molecule has 3 heteroatoms. The zero-order chi connectivity index (χ0) is 20.1. The molecule has 0 bridgehead atoms. The summed E-state index contributed by atoms with van der Waals surface area (Å²) in [4.78, 5) is 0. The van der Waals surface area contributed by atoms with Gasteiger partial charge in [0.25, 0.3) is 0 Å². The SMILES string of the molecule is Cc1cc(C)c(N2C=CN(c3c(C)cc(C)cc3C)P2C(C)(C)C)c(C)c1. The van der Waals surface area contributed by atoms with Crippen LogP contribution in [0.3, 0.4) is 0 Å². The molecule has 0 radical (unpaired) electrons. The predicted molar refractivity (Wildman–Crippen MR) is 122 cm³/mol. The fraction of sp³-hybridized carbons (Fsp3) is 0.417. The molecule has 0 saturated heterocycles. The van der Waals surface area contributed by atoms with E-state index in [1.54, 1.807) is 0 Å². The largest absolute Gasteiger partial charge is 0.307 e. The van der Waals surface area contributed by atoms with Crippen LogP contribution < -0.4 is 9.34 Å². The second kappa shape index (κ2) is 6.99. The fourth-order valence-electron chi connectivity index (χ4n) is 4.41. The van der Waals surface area contributed by atoms with Gasteiger partial charge >= 0.3 is 0 Å². The average Bonchev–Trinajstić information content (AvgIpc) is 2.89. The number of benzene rings is 2. The van der Waals surface area contributed by atoms with Crippen molar-refractivity contribution in [3.8, 4) is 0 Å². The Hall–Kier alpha value is -1.79. The molecule has 0 N–H and O–H groups in total. The van der Waals surface area contributed by atoms with Crippen molar-refractivity contribution in [2.45, 2.75) is 67.5 Å². The average molecular weight is 381 g/mol. The summed E-state index contributed by atoms with van der Waals surface area (Å²) in [5.41, 5.74) is 10.8. The van der Waals surface area contributed by atoms with E-state index in [1.165, 1.54) is 44.8 Å². The van der Waals surface area contributed by atoms with Crippen LogP contribution in [0.25, 0.3) is 0 Å². The maximum Gasteiger partial charge on any atom is 0.109 e. The van der Waals surface area contributed by atoms with Crippen LogP contribution in [0.4, 0.5) is 11.4 Å². The molecule has 2 aromatic rings. The highest BCUT2D eigenvalue weighted by Crippen LogP contribution is 2.63. The van der Waals surface area contributed by atoms with E-state index in [9.17, 15) is 0 Å². The fourth-order valence-corrected chi connectivity index (χ4v) is 7.29. The summed E-state index contributed by atoms with van der Waals surface area (Å²) < 4.78 is 5.08. The molecule has 1 aliphatic rings. The second-order valence-corrected chi connectivity index (χ2v) is 11.7. The molecule has 2 aromatic carbocycles. The maximum absolute atomic E-state index is 2.54. The lowest BCUT2D eigenvalue weighted by Crippen LogP contribution is -2.29. The van der Waals surface area contributed by atoms with Crippen molar-refractivity contribution in [3.63, 3.8) is 0 Å². The molecule has 0 aliphatic carbocycles. The van der Waals surface area contributed by atoms with Crippen LogP contribution in [0, 0.1) is 41.5 Å². The second-order valence-electron chi connectivity index (χ2n) is 8.94. The molecule has 0 aromatic heterocycles. The first-order valence-electron chi connectivity index (χ1n) is 9.73. The van der Waals surface area contributed by atoms with E-state index >= 15 is 0 Å². The van der Waals surface area contributed by atoms with Gasteiger partial charge in [0.1, 0.15) is 8.22 Å². The quantitative estimate of drug-likeness (QED) is 0.499.